The van der Waals surface area contributed by atoms with Gasteiger partial charge in [0.05, 0.1) is 35.1 Å². The van der Waals surface area contributed by atoms with Gasteiger partial charge in [-0.2, -0.15) is 0 Å². The zero-order chi connectivity index (χ0) is 44.7. The third-order valence-electron chi connectivity index (χ3n) is 12.1. The van der Waals surface area contributed by atoms with Crippen molar-refractivity contribution in [2.75, 3.05) is 7.11 Å². The summed E-state index contributed by atoms with van der Waals surface area (Å²) in [4.78, 5) is 10.7. The summed E-state index contributed by atoms with van der Waals surface area (Å²) in [6.07, 6.45) is 1.90. The van der Waals surface area contributed by atoms with Crippen LogP contribution in [0.3, 0.4) is 0 Å². The van der Waals surface area contributed by atoms with Crippen molar-refractivity contribution in [3.63, 3.8) is 0 Å². The standard InChI is InChI=1S/C60H49N3O/c1-39(2)51-37-53(45-25-16-9-17-26-45)57(38-52(51)44-23-14-8-15-24-44)63-56-28-18-27-50(58(56)62-60(63)54-32-40(3)31-41(4)59(54)64-5)48-33-47(43-21-12-7-13-22-43)34-49(35-48)55-36-46(29-30-61-55)42-19-10-6-11-20-42/h6-39H,1-5H3/i39D. The Morgan fingerprint density at radius 2 is 1.09 bits per heavy atom. The number of rotatable bonds is 10. The van der Waals surface area contributed by atoms with Crippen LogP contribution in [0.4, 0.5) is 0 Å². The Bertz CT molecular complexity index is 3340. The molecule has 10 rings (SSSR count). The summed E-state index contributed by atoms with van der Waals surface area (Å²) in [5.41, 5.74) is 19.3. The molecule has 2 aromatic heterocycles. The molecule has 0 spiro atoms. The molecule has 4 heteroatoms. The fraction of sp³-hybridized carbons (Fsp3) is 0.100. The van der Waals surface area contributed by atoms with E-state index in [0.29, 0.717) is 0 Å². The third kappa shape index (κ3) is 7.58. The lowest BCUT2D eigenvalue weighted by molar-refractivity contribution is 0.413. The predicted molar refractivity (Wildman–Crippen MR) is 267 cm³/mol. The molecule has 0 atom stereocenters. The summed E-state index contributed by atoms with van der Waals surface area (Å²) >= 11 is 0. The lowest BCUT2D eigenvalue weighted by atomic mass is 9.88. The van der Waals surface area contributed by atoms with Gasteiger partial charge < -0.3 is 4.74 Å². The summed E-state index contributed by atoms with van der Waals surface area (Å²) in [7, 11) is 1.74. The minimum atomic E-state index is -0.895. The Hall–Kier alpha value is -7.82. The van der Waals surface area contributed by atoms with Gasteiger partial charge >= 0.3 is 0 Å². The van der Waals surface area contributed by atoms with Crippen molar-refractivity contribution in [2.24, 2.45) is 0 Å². The van der Waals surface area contributed by atoms with Gasteiger partial charge in [0.1, 0.15) is 11.6 Å². The van der Waals surface area contributed by atoms with Gasteiger partial charge in [-0.05, 0) is 136 Å². The molecule has 0 aliphatic rings. The highest BCUT2D eigenvalue weighted by Crippen LogP contribution is 2.45. The fourth-order valence-corrected chi connectivity index (χ4v) is 9.17. The Morgan fingerprint density at radius 3 is 1.73 bits per heavy atom. The van der Waals surface area contributed by atoms with Crippen LogP contribution in [-0.4, -0.2) is 21.6 Å². The van der Waals surface area contributed by atoms with Gasteiger partial charge in [-0.25, -0.2) is 4.98 Å². The van der Waals surface area contributed by atoms with Crippen LogP contribution in [0.5, 0.6) is 5.75 Å². The summed E-state index contributed by atoms with van der Waals surface area (Å²) < 4.78 is 18.0. The van der Waals surface area contributed by atoms with Gasteiger partial charge in [-0.1, -0.05) is 153 Å². The highest BCUT2D eigenvalue weighted by molar-refractivity contribution is 5.99. The number of hydrogen-bond acceptors (Lipinski definition) is 3. The number of fused-ring (bicyclic) bond motifs is 1. The molecular formula is C60H49N3O. The minimum absolute atomic E-state index is 0.766. The molecule has 4 nitrogen and oxygen atoms in total. The average Bonchev–Trinajstić information content (AvgIpc) is 3.74. The van der Waals surface area contributed by atoms with Crippen molar-refractivity contribution >= 4 is 11.0 Å². The lowest BCUT2D eigenvalue weighted by Crippen LogP contribution is -2.05. The van der Waals surface area contributed by atoms with Crippen LogP contribution in [-0.2, 0) is 0 Å². The van der Waals surface area contributed by atoms with Crippen LogP contribution in [0.25, 0.3) is 95.0 Å². The number of benzene rings is 8. The van der Waals surface area contributed by atoms with Gasteiger partial charge in [0.15, 0.2) is 0 Å². The molecule has 0 bridgehead atoms. The quantitative estimate of drug-likeness (QED) is 0.138. The van der Waals surface area contributed by atoms with E-state index in [1.54, 1.807) is 7.11 Å². The zero-order valence-corrected chi connectivity index (χ0v) is 36.8. The van der Waals surface area contributed by atoms with Crippen molar-refractivity contribution in [1.29, 1.82) is 0 Å². The van der Waals surface area contributed by atoms with Gasteiger partial charge in [-0.3, -0.25) is 9.55 Å². The Morgan fingerprint density at radius 1 is 0.500 bits per heavy atom. The number of aryl methyl sites for hydroxylation is 2. The van der Waals surface area contributed by atoms with E-state index in [1.165, 1.54) is 0 Å². The number of hydrogen-bond donors (Lipinski definition) is 0. The molecule has 8 aromatic carbocycles. The highest BCUT2D eigenvalue weighted by Gasteiger charge is 2.25. The second-order valence-electron chi connectivity index (χ2n) is 16.7. The molecule has 0 unspecified atom stereocenters. The second kappa shape index (κ2) is 17.2. The first kappa shape index (κ1) is 39.1. The van der Waals surface area contributed by atoms with Crippen molar-refractivity contribution in [3.8, 4) is 89.7 Å². The monoisotopic (exact) mass is 828 g/mol. The number of methoxy groups -OCH3 is 1. The number of para-hydroxylation sites is 1. The van der Waals surface area contributed by atoms with E-state index >= 15 is 0 Å². The van der Waals surface area contributed by atoms with Crippen molar-refractivity contribution in [1.82, 2.24) is 14.5 Å². The minimum Gasteiger partial charge on any atom is -0.496 e. The van der Waals surface area contributed by atoms with Crippen LogP contribution >= 0.6 is 0 Å². The predicted octanol–water partition coefficient (Wildman–Crippen LogP) is 15.8. The molecule has 0 N–H and O–H groups in total. The third-order valence-corrected chi connectivity index (χ3v) is 12.1. The topological polar surface area (TPSA) is 39.9 Å². The van der Waals surface area contributed by atoms with Crippen LogP contribution in [0.2, 0.25) is 0 Å². The maximum atomic E-state index is 9.47. The van der Waals surface area contributed by atoms with E-state index < -0.39 is 5.89 Å². The zero-order valence-electron chi connectivity index (χ0n) is 37.8. The molecule has 0 aliphatic heterocycles. The van der Waals surface area contributed by atoms with E-state index in [-0.39, 0.29) is 0 Å². The molecule has 0 fully saturated rings. The molecule has 0 radical (unpaired) electrons. The van der Waals surface area contributed by atoms with Gasteiger partial charge in [-0.15, -0.1) is 0 Å². The number of ether oxygens (including phenoxy) is 1. The highest BCUT2D eigenvalue weighted by atomic mass is 16.5. The first-order valence-electron chi connectivity index (χ1n) is 22.3. The van der Waals surface area contributed by atoms with E-state index in [1.807, 2.05) is 38.2 Å². The van der Waals surface area contributed by atoms with Crippen molar-refractivity contribution in [3.05, 3.63) is 217 Å². The Balaban J connectivity index is 1.30. The molecular weight excluding hydrogens is 779 g/mol. The molecule has 2 heterocycles. The summed E-state index contributed by atoms with van der Waals surface area (Å²) in [6.45, 7) is 8.16. The average molecular weight is 829 g/mol. The fourth-order valence-electron chi connectivity index (χ4n) is 9.17. The molecule has 64 heavy (non-hydrogen) atoms. The molecule has 0 amide bonds. The van der Waals surface area contributed by atoms with Gasteiger partial charge in [0.25, 0.3) is 0 Å². The summed E-state index contributed by atoms with van der Waals surface area (Å²) in [5.74, 6) is 0.648. The van der Waals surface area contributed by atoms with Crippen molar-refractivity contribution in [2.45, 2.75) is 33.6 Å². The first-order chi connectivity index (χ1) is 31.6. The maximum Gasteiger partial charge on any atom is 0.149 e. The Labute approximate surface area is 377 Å². The summed E-state index contributed by atoms with van der Waals surface area (Å²) in [6, 6.07) is 68.3. The molecule has 0 aliphatic carbocycles. The lowest BCUT2D eigenvalue weighted by Gasteiger charge is -2.22. The van der Waals surface area contributed by atoms with E-state index in [2.05, 4.69) is 194 Å². The van der Waals surface area contributed by atoms with Gasteiger partial charge in [0.2, 0.25) is 0 Å². The van der Waals surface area contributed by atoms with Crippen molar-refractivity contribution < 1.29 is 6.11 Å². The molecule has 310 valence electrons. The number of aromatic nitrogens is 3. The van der Waals surface area contributed by atoms with Crippen LogP contribution in [0.1, 0.15) is 37.8 Å². The van der Waals surface area contributed by atoms with E-state index in [0.717, 1.165) is 117 Å². The molecule has 10 aromatic rings. The summed E-state index contributed by atoms with van der Waals surface area (Å²) in [5, 5.41) is 0. The smallest absolute Gasteiger partial charge is 0.149 e. The largest absolute Gasteiger partial charge is 0.496 e. The van der Waals surface area contributed by atoms with Crippen LogP contribution in [0.15, 0.2) is 200 Å². The Kier molecular flexibility index (Phi) is 10.5. The normalized spacial score (nSPS) is 11.7. The molecule has 0 saturated heterocycles. The molecule has 0 saturated carbocycles. The van der Waals surface area contributed by atoms with Gasteiger partial charge in [0, 0.05) is 24.3 Å². The number of imidazole rings is 1. The van der Waals surface area contributed by atoms with E-state index in [9.17, 15) is 1.37 Å². The first-order valence-corrected chi connectivity index (χ1v) is 21.8. The number of nitrogens with zero attached hydrogens (tertiary/aromatic N) is 3. The maximum absolute atomic E-state index is 9.47. The van der Waals surface area contributed by atoms with Crippen LogP contribution < -0.4 is 4.74 Å². The van der Waals surface area contributed by atoms with Crippen LogP contribution in [0, 0.1) is 13.8 Å². The second-order valence-corrected chi connectivity index (χ2v) is 16.7. The SMILES string of the molecule is [2H]C(C)(C)c1cc(-c2ccccc2)c(-n2c(-c3cc(C)cc(C)c3OC)nc3c(-c4cc(-c5ccccc5)cc(-c5cc(-c6ccccc6)ccn5)c4)cccc32)cc1-c1ccccc1. The number of pyridine rings is 1. The van der Waals surface area contributed by atoms with E-state index in [4.69, 9.17) is 14.7 Å².